The SMILES string of the molecule is CN1CC2CC[C@@H]1N2N. The average molecular weight is 127 g/mol. The first kappa shape index (κ1) is 5.65. The number of piperidine rings is 1. The molecule has 0 amide bonds. The third-order valence-corrected chi connectivity index (χ3v) is 2.53. The third kappa shape index (κ3) is 0.625. The van der Waals surface area contributed by atoms with Gasteiger partial charge >= 0.3 is 0 Å². The molecule has 2 N–H and O–H groups in total. The molecule has 2 rings (SSSR count). The van der Waals surface area contributed by atoms with Crippen LogP contribution in [0.15, 0.2) is 0 Å². The summed E-state index contributed by atoms with van der Waals surface area (Å²) in [5.41, 5.74) is 0. The highest BCUT2D eigenvalue weighted by Gasteiger charge is 2.40. The molecule has 0 aromatic carbocycles. The van der Waals surface area contributed by atoms with Gasteiger partial charge in [-0.3, -0.25) is 10.7 Å². The fourth-order valence-electron chi connectivity index (χ4n) is 1.97. The lowest BCUT2D eigenvalue weighted by molar-refractivity contribution is 0.178. The fraction of sp³-hybridized carbons (Fsp3) is 1.00. The number of likely N-dealkylation sites (N-methyl/N-ethyl adjacent to an activating group) is 1. The molecule has 2 bridgehead atoms. The third-order valence-electron chi connectivity index (χ3n) is 2.53. The first-order valence-electron chi connectivity index (χ1n) is 3.52. The smallest absolute Gasteiger partial charge is 0.0757 e. The molecule has 0 aromatic heterocycles. The van der Waals surface area contributed by atoms with Crippen molar-refractivity contribution in [1.82, 2.24) is 9.91 Å². The Hall–Kier alpha value is -0.120. The number of hydrogen-bond donors (Lipinski definition) is 1. The van der Waals surface area contributed by atoms with E-state index in [9.17, 15) is 0 Å². The average Bonchev–Trinajstić information content (AvgIpc) is 2.25. The Bertz CT molecular complexity index is 125. The van der Waals surface area contributed by atoms with Crippen LogP contribution in [0.1, 0.15) is 12.8 Å². The summed E-state index contributed by atoms with van der Waals surface area (Å²) >= 11 is 0. The predicted octanol–water partition coefficient (Wildman–Crippen LogP) is -0.404. The van der Waals surface area contributed by atoms with Crippen LogP contribution >= 0.6 is 0 Å². The topological polar surface area (TPSA) is 32.5 Å². The Morgan fingerprint density at radius 1 is 1.44 bits per heavy atom. The number of hydrogen-bond acceptors (Lipinski definition) is 3. The monoisotopic (exact) mass is 127 g/mol. The molecule has 52 valence electrons. The van der Waals surface area contributed by atoms with Gasteiger partial charge in [-0.05, 0) is 19.9 Å². The van der Waals surface area contributed by atoms with Crippen LogP contribution in [0.3, 0.4) is 0 Å². The van der Waals surface area contributed by atoms with Crippen LogP contribution in [-0.4, -0.2) is 35.7 Å². The summed E-state index contributed by atoms with van der Waals surface area (Å²) in [7, 11) is 2.14. The summed E-state index contributed by atoms with van der Waals surface area (Å²) in [5, 5.41) is 2.00. The minimum Gasteiger partial charge on any atom is -0.288 e. The Morgan fingerprint density at radius 2 is 2.22 bits per heavy atom. The summed E-state index contributed by atoms with van der Waals surface area (Å²) in [6.07, 6.45) is 3.11. The van der Waals surface area contributed by atoms with E-state index >= 15 is 0 Å². The molecular formula is C6H13N3. The number of rotatable bonds is 0. The van der Waals surface area contributed by atoms with Crippen molar-refractivity contribution in [1.29, 1.82) is 0 Å². The van der Waals surface area contributed by atoms with Gasteiger partial charge in [-0.2, -0.15) is 0 Å². The van der Waals surface area contributed by atoms with E-state index in [0.29, 0.717) is 12.2 Å². The molecule has 3 nitrogen and oxygen atoms in total. The predicted molar refractivity (Wildman–Crippen MR) is 35.5 cm³/mol. The van der Waals surface area contributed by atoms with E-state index in [1.807, 2.05) is 5.01 Å². The standard InChI is InChI=1S/C6H13N3/c1-8-4-5-2-3-6(8)9(5)7/h5-6H,2-4,7H2,1H3/t5?,6-/m0/s1. The van der Waals surface area contributed by atoms with Crippen molar-refractivity contribution in [3.63, 3.8) is 0 Å². The molecule has 0 saturated carbocycles. The number of likely N-dealkylation sites (tertiary alicyclic amines) is 1. The van der Waals surface area contributed by atoms with Crippen LogP contribution in [-0.2, 0) is 0 Å². The second kappa shape index (κ2) is 1.68. The molecule has 3 heteroatoms. The lowest BCUT2D eigenvalue weighted by Gasteiger charge is -2.20. The first-order valence-corrected chi connectivity index (χ1v) is 3.52. The Morgan fingerprint density at radius 3 is 2.44 bits per heavy atom. The van der Waals surface area contributed by atoms with Crippen molar-refractivity contribution in [3.05, 3.63) is 0 Å². The van der Waals surface area contributed by atoms with Crippen molar-refractivity contribution < 1.29 is 0 Å². The number of nitrogens with two attached hydrogens (primary N) is 1. The van der Waals surface area contributed by atoms with E-state index < -0.39 is 0 Å². The van der Waals surface area contributed by atoms with E-state index in [2.05, 4.69) is 11.9 Å². The molecule has 0 aliphatic carbocycles. The lowest BCUT2D eigenvalue weighted by Crippen LogP contribution is -2.38. The van der Waals surface area contributed by atoms with Gasteiger partial charge < -0.3 is 0 Å². The fourth-order valence-corrected chi connectivity index (χ4v) is 1.97. The van der Waals surface area contributed by atoms with Gasteiger partial charge in [0.15, 0.2) is 0 Å². The maximum absolute atomic E-state index is 5.77. The molecule has 1 unspecified atom stereocenters. The summed E-state index contributed by atoms with van der Waals surface area (Å²) in [6.45, 7) is 1.17. The van der Waals surface area contributed by atoms with Crippen LogP contribution in [0.25, 0.3) is 0 Å². The lowest BCUT2D eigenvalue weighted by atomic mass is 10.1. The van der Waals surface area contributed by atoms with Crippen LogP contribution in [0.5, 0.6) is 0 Å². The Labute approximate surface area is 55.4 Å². The van der Waals surface area contributed by atoms with Crippen molar-refractivity contribution >= 4 is 0 Å². The van der Waals surface area contributed by atoms with E-state index in [1.54, 1.807) is 0 Å². The summed E-state index contributed by atoms with van der Waals surface area (Å²) in [6, 6.07) is 0.653. The number of nitrogens with zero attached hydrogens (tertiary/aromatic N) is 2. The van der Waals surface area contributed by atoms with Crippen LogP contribution < -0.4 is 5.84 Å². The molecule has 0 aromatic rings. The molecule has 2 atom stereocenters. The molecule has 9 heavy (non-hydrogen) atoms. The van der Waals surface area contributed by atoms with Gasteiger partial charge in [0.1, 0.15) is 0 Å². The van der Waals surface area contributed by atoms with E-state index in [-0.39, 0.29) is 0 Å². The molecule has 2 saturated heterocycles. The Kier molecular flexibility index (Phi) is 1.06. The molecule has 0 spiro atoms. The van der Waals surface area contributed by atoms with Gasteiger partial charge in [0, 0.05) is 12.6 Å². The summed E-state index contributed by atoms with van der Waals surface area (Å²) in [4.78, 5) is 2.33. The quantitative estimate of drug-likeness (QED) is 0.449. The molecule has 0 radical (unpaired) electrons. The zero-order valence-corrected chi connectivity index (χ0v) is 5.75. The molecule has 2 aliphatic heterocycles. The zero-order chi connectivity index (χ0) is 6.43. The van der Waals surface area contributed by atoms with Crippen LogP contribution in [0, 0.1) is 0 Å². The van der Waals surface area contributed by atoms with E-state index in [1.165, 1.54) is 19.4 Å². The second-order valence-corrected chi connectivity index (χ2v) is 3.10. The van der Waals surface area contributed by atoms with Crippen molar-refractivity contribution in [2.75, 3.05) is 13.6 Å². The maximum atomic E-state index is 5.77. The molecular weight excluding hydrogens is 114 g/mol. The highest BCUT2D eigenvalue weighted by Crippen LogP contribution is 2.29. The normalized spacial score (nSPS) is 44.7. The highest BCUT2D eigenvalue weighted by molar-refractivity contribution is 4.92. The van der Waals surface area contributed by atoms with Crippen LogP contribution in [0.4, 0.5) is 0 Å². The molecule has 2 heterocycles. The van der Waals surface area contributed by atoms with Crippen molar-refractivity contribution in [3.8, 4) is 0 Å². The van der Waals surface area contributed by atoms with Gasteiger partial charge in [0.05, 0.1) is 6.17 Å². The van der Waals surface area contributed by atoms with Crippen molar-refractivity contribution in [2.24, 2.45) is 5.84 Å². The highest BCUT2D eigenvalue weighted by atomic mass is 15.6. The van der Waals surface area contributed by atoms with Crippen molar-refractivity contribution in [2.45, 2.75) is 25.0 Å². The van der Waals surface area contributed by atoms with Gasteiger partial charge in [-0.1, -0.05) is 0 Å². The van der Waals surface area contributed by atoms with Gasteiger partial charge in [-0.15, -0.1) is 0 Å². The summed E-state index contributed by atoms with van der Waals surface area (Å²) < 4.78 is 0. The number of hydrazine groups is 1. The molecule has 2 fully saturated rings. The Balaban J connectivity index is 2.16. The van der Waals surface area contributed by atoms with E-state index in [4.69, 9.17) is 5.84 Å². The van der Waals surface area contributed by atoms with Gasteiger partial charge in [-0.25, -0.2) is 5.01 Å². The maximum Gasteiger partial charge on any atom is 0.0757 e. The minimum atomic E-state index is 0.551. The van der Waals surface area contributed by atoms with Crippen LogP contribution in [0.2, 0.25) is 0 Å². The minimum absolute atomic E-state index is 0.551. The first-order chi connectivity index (χ1) is 4.29. The zero-order valence-electron chi connectivity index (χ0n) is 5.75. The summed E-state index contributed by atoms with van der Waals surface area (Å²) in [5.74, 6) is 5.77. The largest absolute Gasteiger partial charge is 0.288 e. The number of fused-ring (bicyclic) bond motifs is 2. The van der Waals surface area contributed by atoms with E-state index in [0.717, 1.165) is 0 Å². The second-order valence-electron chi connectivity index (χ2n) is 3.10. The molecule has 2 aliphatic rings. The van der Waals surface area contributed by atoms with Gasteiger partial charge in [0.25, 0.3) is 0 Å². The van der Waals surface area contributed by atoms with Gasteiger partial charge in [0.2, 0.25) is 0 Å².